The van der Waals surface area contributed by atoms with Crippen LogP contribution >= 0.6 is 0 Å². The van der Waals surface area contributed by atoms with Gasteiger partial charge in [0.05, 0.1) is 12.8 Å². The summed E-state index contributed by atoms with van der Waals surface area (Å²) < 4.78 is 11.3. The summed E-state index contributed by atoms with van der Waals surface area (Å²) in [5.41, 5.74) is 0.742. The first-order valence-corrected chi connectivity index (χ1v) is 10.7. The van der Waals surface area contributed by atoms with Crippen LogP contribution in [-0.2, 0) is 11.4 Å². The van der Waals surface area contributed by atoms with Crippen LogP contribution in [0.2, 0.25) is 0 Å². The van der Waals surface area contributed by atoms with Gasteiger partial charge in [-0.25, -0.2) is 0 Å². The largest absolute Gasteiger partial charge is 0.489 e. The number of para-hydroxylation sites is 1. The van der Waals surface area contributed by atoms with Crippen molar-refractivity contribution in [2.45, 2.75) is 25.9 Å². The molecule has 7 heteroatoms. The summed E-state index contributed by atoms with van der Waals surface area (Å²) in [7, 11) is 0. The number of carbonyl (C=O) groups excluding carboxylic acids is 2. The number of amides is 2. The molecule has 0 unspecified atom stereocenters. The van der Waals surface area contributed by atoms with Crippen molar-refractivity contribution in [1.82, 2.24) is 14.7 Å². The number of hydrogen-bond donors (Lipinski definition) is 0. The summed E-state index contributed by atoms with van der Waals surface area (Å²) in [6.07, 6.45) is 4.96. The monoisotopic (exact) mass is 411 g/mol. The van der Waals surface area contributed by atoms with E-state index in [0.29, 0.717) is 38.5 Å². The molecule has 30 heavy (non-hydrogen) atoms. The molecule has 0 N–H and O–H groups in total. The minimum absolute atomic E-state index is 0.117. The second-order valence-corrected chi connectivity index (χ2v) is 7.89. The number of nitrogens with zero attached hydrogens (tertiary/aromatic N) is 3. The fraction of sp³-hybridized carbons (Fsp3) is 0.478. The molecular weight excluding hydrogens is 382 g/mol. The van der Waals surface area contributed by atoms with Crippen molar-refractivity contribution in [3.63, 3.8) is 0 Å². The highest BCUT2D eigenvalue weighted by molar-refractivity contribution is 5.93. The van der Waals surface area contributed by atoms with Crippen LogP contribution in [0.3, 0.4) is 0 Å². The molecule has 0 radical (unpaired) electrons. The first kappa shape index (κ1) is 20.5. The van der Waals surface area contributed by atoms with Gasteiger partial charge >= 0.3 is 0 Å². The van der Waals surface area contributed by atoms with Gasteiger partial charge in [-0.05, 0) is 37.5 Å². The van der Waals surface area contributed by atoms with E-state index in [9.17, 15) is 9.59 Å². The van der Waals surface area contributed by atoms with Crippen molar-refractivity contribution in [3.05, 3.63) is 54.0 Å². The number of likely N-dealkylation sites (tertiary alicyclic amines) is 1. The molecule has 1 aromatic carbocycles. The molecule has 0 atom stereocenters. The molecule has 2 amide bonds. The number of carbonyl (C=O) groups is 2. The van der Waals surface area contributed by atoms with Crippen molar-refractivity contribution in [1.29, 1.82) is 0 Å². The van der Waals surface area contributed by atoms with Gasteiger partial charge in [-0.3, -0.25) is 14.5 Å². The van der Waals surface area contributed by atoms with Crippen LogP contribution in [0.1, 0.15) is 35.4 Å². The fourth-order valence-electron chi connectivity index (χ4n) is 4.00. The normalized spacial score (nSPS) is 17.7. The summed E-state index contributed by atoms with van der Waals surface area (Å²) in [6, 6.07) is 11.3. The number of hydrogen-bond acceptors (Lipinski definition) is 5. The van der Waals surface area contributed by atoms with Gasteiger partial charge in [-0.15, -0.1) is 0 Å². The Kier molecular flexibility index (Phi) is 6.69. The quantitative estimate of drug-likeness (QED) is 0.731. The summed E-state index contributed by atoms with van der Waals surface area (Å²) in [5.74, 6) is 1.18. The Morgan fingerprint density at radius 1 is 0.867 bits per heavy atom. The molecule has 0 aliphatic carbocycles. The predicted octanol–water partition coefficient (Wildman–Crippen LogP) is 2.63. The van der Waals surface area contributed by atoms with Crippen molar-refractivity contribution in [2.24, 2.45) is 0 Å². The molecular formula is C23H29N3O4. The van der Waals surface area contributed by atoms with Crippen molar-refractivity contribution >= 4 is 11.8 Å². The van der Waals surface area contributed by atoms with Crippen LogP contribution < -0.4 is 4.74 Å². The Bertz CT molecular complexity index is 837. The van der Waals surface area contributed by atoms with Crippen LogP contribution in [0.4, 0.5) is 0 Å². The number of ether oxygens (including phenoxy) is 1. The van der Waals surface area contributed by atoms with Gasteiger partial charge in [0.25, 0.3) is 5.91 Å². The second kappa shape index (κ2) is 9.80. The third kappa shape index (κ3) is 5.02. The minimum Gasteiger partial charge on any atom is -0.489 e. The first-order chi connectivity index (χ1) is 14.7. The predicted molar refractivity (Wildman–Crippen MR) is 112 cm³/mol. The smallest absolute Gasteiger partial charge is 0.290 e. The average Bonchev–Trinajstić information content (AvgIpc) is 3.27. The molecule has 4 rings (SSSR count). The van der Waals surface area contributed by atoms with E-state index in [1.807, 2.05) is 35.2 Å². The third-order valence-electron chi connectivity index (χ3n) is 5.81. The van der Waals surface area contributed by atoms with Crippen LogP contribution in [-0.4, -0.2) is 72.3 Å². The molecule has 1 aromatic heterocycles. The van der Waals surface area contributed by atoms with Gasteiger partial charge in [0.15, 0.2) is 5.76 Å². The maximum Gasteiger partial charge on any atom is 0.290 e. The van der Waals surface area contributed by atoms with E-state index < -0.39 is 0 Å². The lowest BCUT2D eigenvalue weighted by Gasteiger charge is -2.35. The van der Waals surface area contributed by atoms with E-state index in [4.69, 9.17) is 9.15 Å². The van der Waals surface area contributed by atoms with E-state index in [-0.39, 0.29) is 18.4 Å². The number of benzene rings is 1. The van der Waals surface area contributed by atoms with E-state index in [0.717, 1.165) is 37.2 Å². The number of furan rings is 1. The molecule has 2 fully saturated rings. The van der Waals surface area contributed by atoms with Gasteiger partial charge < -0.3 is 19.0 Å². The zero-order chi connectivity index (χ0) is 20.8. The summed E-state index contributed by atoms with van der Waals surface area (Å²) in [4.78, 5) is 31.3. The van der Waals surface area contributed by atoms with Gasteiger partial charge in [0, 0.05) is 44.8 Å². The lowest BCUT2D eigenvalue weighted by molar-refractivity contribution is -0.133. The zero-order valence-corrected chi connectivity index (χ0v) is 17.3. The number of piperazine rings is 1. The molecule has 0 spiro atoms. The standard InChI is InChI=1S/C23H29N3O4/c27-21(25-10-5-2-6-11-25)17-24-12-14-26(15-13-24)23(28)22-19(9-16-29-22)18-30-20-7-3-1-4-8-20/h1,3-4,7-9,16H,2,5-6,10-15,17-18H2. The first-order valence-electron chi connectivity index (χ1n) is 10.7. The summed E-state index contributed by atoms with van der Waals surface area (Å²) >= 11 is 0. The topological polar surface area (TPSA) is 66.2 Å². The average molecular weight is 412 g/mol. The highest BCUT2D eigenvalue weighted by atomic mass is 16.5. The second-order valence-electron chi connectivity index (χ2n) is 7.89. The van der Waals surface area contributed by atoms with Gasteiger partial charge in [-0.1, -0.05) is 18.2 Å². The van der Waals surface area contributed by atoms with Crippen molar-refractivity contribution in [2.75, 3.05) is 45.8 Å². The van der Waals surface area contributed by atoms with E-state index in [2.05, 4.69) is 4.90 Å². The maximum atomic E-state index is 13.0. The lowest BCUT2D eigenvalue weighted by Crippen LogP contribution is -2.52. The van der Waals surface area contributed by atoms with Crippen LogP contribution in [0, 0.1) is 0 Å². The molecule has 3 heterocycles. The molecule has 2 aliphatic rings. The Balaban J connectivity index is 1.27. The Morgan fingerprint density at radius 3 is 2.33 bits per heavy atom. The molecule has 2 aromatic rings. The fourth-order valence-corrected chi connectivity index (χ4v) is 4.00. The van der Waals surface area contributed by atoms with Gasteiger partial charge in [0.2, 0.25) is 5.91 Å². The molecule has 0 bridgehead atoms. The molecule has 2 aliphatic heterocycles. The Morgan fingerprint density at radius 2 is 1.60 bits per heavy atom. The third-order valence-corrected chi connectivity index (χ3v) is 5.81. The Labute approximate surface area is 177 Å². The summed E-state index contributed by atoms with van der Waals surface area (Å²) in [6.45, 7) is 5.05. The maximum absolute atomic E-state index is 13.0. The van der Waals surface area contributed by atoms with E-state index in [1.54, 1.807) is 11.0 Å². The number of rotatable bonds is 6. The van der Waals surface area contributed by atoms with E-state index in [1.165, 1.54) is 12.7 Å². The van der Waals surface area contributed by atoms with Gasteiger partial charge in [-0.2, -0.15) is 0 Å². The molecule has 160 valence electrons. The molecule has 7 nitrogen and oxygen atoms in total. The van der Waals surface area contributed by atoms with Gasteiger partial charge in [0.1, 0.15) is 12.4 Å². The summed E-state index contributed by atoms with van der Waals surface area (Å²) in [5, 5.41) is 0. The lowest BCUT2D eigenvalue weighted by atomic mass is 10.1. The van der Waals surface area contributed by atoms with Crippen molar-refractivity contribution < 1.29 is 18.7 Å². The van der Waals surface area contributed by atoms with Crippen LogP contribution in [0.5, 0.6) is 5.75 Å². The van der Waals surface area contributed by atoms with Crippen LogP contribution in [0.15, 0.2) is 47.1 Å². The molecule has 0 saturated carbocycles. The Hall–Kier alpha value is -2.80. The van der Waals surface area contributed by atoms with Crippen molar-refractivity contribution in [3.8, 4) is 5.75 Å². The zero-order valence-electron chi connectivity index (χ0n) is 17.3. The highest BCUT2D eigenvalue weighted by Crippen LogP contribution is 2.18. The minimum atomic E-state index is -0.117. The SMILES string of the molecule is O=C(CN1CCN(C(=O)c2occc2COc2ccccc2)CC1)N1CCCCC1. The molecule has 2 saturated heterocycles. The number of piperidine rings is 1. The van der Waals surface area contributed by atoms with Crippen LogP contribution in [0.25, 0.3) is 0 Å². The highest BCUT2D eigenvalue weighted by Gasteiger charge is 2.28. The van der Waals surface area contributed by atoms with E-state index >= 15 is 0 Å².